The van der Waals surface area contributed by atoms with E-state index in [0.29, 0.717) is 32.1 Å². The van der Waals surface area contributed by atoms with Gasteiger partial charge in [0.2, 0.25) is 5.89 Å². The van der Waals surface area contributed by atoms with Crippen LogP contribution in [0.25, 0.3) is 10.9 Å². The Balaban J connectivity index is 1.45. The Kier molecular flexibility index (Phi) is 7.49. The summed E-state index contributed by atoms with van der Waals surface area (Å²) in [6.07, 6.45) is 4.22. The maximum Gasteiger partial charge on any atom is 0.273 e. The van der Waals surface area contributed by atoms with E-state index in [1.165, 1.54) is 29.3 Å². The number of hydrogen-bond donors (Lipinski definition) is 2. The second kappa shape index (κ2) is 10.9. The van der Waals surface area contributed by atoms with E-state index in [1.807, 2.05) is 18.3 Å². The van der Waals surface area contributed by atoms with Crippen LogP contribution in [0.1, 0.15) is 27.5 Å². The summed E-state index contributed by atoms with van der Waals surface area (Å²) in [6.45, 7) is 2.58. The number of benzene rings is 2. The summed E-state index contributed by atoms with van der Waals surface area (Å²) in [4.78, 5) is 22.0. The molecule has 172 valence electrons. The molecule has 0 fully saturated rings. The Morgan fingerprint density at radius 3 is 2.82 bits per heavy atom. The molecule has 2 N–H and O–H groups in total. The molecule has 4 aromatic rings. The smallest absolute Gasteiger partial charge is 0.273 e. The van der Waals surface area contributed by atoms with Gasteiger partial charge in [0.25, 0.3) is 5.91 Å². The van der Waals surface area contributed by atoms with Crippen molar-refractivity contribution in [1.29, 1.82) is 0 Å². The van der Waals surface area contributed by atoms with Gasteiger partial charge in [-0.15, -0.1) is 0 Å². The molecular formula is C25H27FN4O3. The molecule has 0 radical (unpaired) electrons. The van der Waals surface area contributed by atoms with Crippen LogP contribution < -0.4 is 5.32 Å². The zero-order chi connectivity index (χ0) is 23.0. The van der Waals surface area contributed by atoms with Gasteiger partial charge in [0.15, 0.2) is 5.69 Å². The van der Waals surface area contributed by atoms with Gasteiger partial charge in [-0.3, -0.25) is 9.69 Å². The third-order valence-electron chi connectivity index (χ3n) is 5.43. The third-order valence-corrected chi connectivity index (χ3v) is 5.43. The average molecular weight is 451 g/mol. The number of aromatic amines is 1. The zero-order valence-corrected chi connectivity index (χ0v) is 18.5. The molecule has 8 heteroatoms. The fourth-order valence-electron chi connectivity index (χ4n) is 3.72. The molecular weight excluding hydrogens is 423 g/mol. The summed E-state index contributed by atoms with van der Waals surface area (Å²) in [5, 5.41) is 3.93. The quantitative estimate of drug-likeness (QED) is 0.339. The number of oxazole rings is 1. The summed E-state index contributed by atoms with van der Waals surface area (Å²) >= 11 is 0. The molecule has 0 atom stereocenters. The molecule has 2 heterocycles. The Hall–Kier alpha value is -3.49. The van der Waals surface area contributed by atoms with Crippen molar-refractivity contribution < 1.29 is 18.3 Å². The molecule has 2 aromatic carbocycles. The molecule has 0 saturated carbocycles. The van der Waals surface area contributed by atoms with Crippen LogP contribution in [-0.4, -0.2) is 47.6 Å². The summed E-state index contributed by atoms with van der Waals surface area (Å²) in [7, 11) is 1.58. The van der Waals surface area contributed by atoms with Crippen molar-refractivity contribution in [2.24, 2.45) is 0 Å². The average Bonchev–Trinajstić information content (AvgIpc) is 3.46. The van der Waals surface area contributed by atoms with Crippen LogP contribution in [0.15, 0.2) is 65.4 Å². The van der Waals surface area contributed by atoms with Crippen LogP contribution in [0.3, 0.4) is 0 Å². The number of methoxy groups -OCH3 is 1. The van der Waals surface area contributed by atoms with Crippen LogP contribution >= 0.6 is 0 Å². The highest BCUT2D eigenvalue weighted by atomic mass is 19.1. The zero-order valence-electron chi connectivity index (χ0n) is 18.5. The van der Waals surface area contributed by atoms with Crippen LogP contribution in [0.2, 0.25) is 0 Å². The van der Waals surface area contributed by atoms with Gasteiger partial charge in [0.1, 0.15) is 12.1 Å². The van der Waals surface area contributed by atoms with E-state index < -0.39 is 0 Å². The van der Waals surface area contributed by atoms with E-state index in [9.17, 15) is 9.18 Å². The lowest BCUT2D eigenvalue weighted by Crippen LogP contribution is -2.27. The fraction of sp³-hybridized carbons (Fsp3) is 0.280. The van der Waals surface area contributed by atoms with E-state index in [1.54, 1.807) is 19.2 Å². The van der Waals surface area contributed by atoms with Crippen LogP contribution in [-0.2, 0) is 24.2 Å². The number of aromatic nitrogens is 2. The fourth-order valence-corrected chi connectivity index (χ4v) is 3.72. The number of H-pyrrole nitrogens is 1. The van der Waals surface area contributed by atoms with Gasteiger partial charge in [-0.2, -0.15) is 0 Å². The summed E-state index contributed by atoms with van der Waals surface area (Å²) in [5.74, 6) is -0.111. The van der Waals surface area contributed by atoms with Crippen molar-refractivity contribution in [3.8, 4) is 0 Å². The van der Waals surface area contributed by atoms with Crippen LogP contribution in [0, 0.1) is 5.82 Å². The predicted octanol–water partition coefficient (Wildman–Crippen LogP) is 3.92. The number of rotatable bonds is 11. The first-order valence-electron chi connectivity index (χ1n) is 10.9. The molecule has 0 aliphatic carbocycles. The number of para-hydroxylation sites is 1. The number of fused-ring (bicyclic) bond motifs is 1. The molecule has 0 aliphatic heterocycles. The van der Waals surface area contributed by atoms with Crippen molar-refractivity contribution in [3.05, 3.63) is 89.5 Å². The second-order valence-corrected chi connectivity index (χ2v) is 7.82. The van der Waals surface area contributed by atoms with Gasteiger partial charge < -0.3 is 19.5 Å². The molecule has 2 aromatic heterocycles. The highest BCUT2D eigenvalue weighted by Crippen LogP contribution is 2.19. The largest absolute Gasteiger partial charge is 0.447 e. The van der Waals surface area contributed by atoms with Gasteiger partial charge in [-0.05, 0) is 35.7 Å². The lowest BCUT2D eigenvalue weighted by Gasteiger charge is -2.21. The van der Waals surface area contributed by atoms with Gasteiger partial charge in [0.05, 0.1) is 13.2 Å². The van der Waals surface area contributed by atoms with E-state index in [-0.39, 0.29) is 17.4 Å². The van der Waals surface area contributed by atoms with Gasteiger partial charge in [-0.25, -0.2) is 9.37 Å². The molecule has 0 unspecified atom stereocenters. The van der Waals surface area contributed by atoms with Gasteiger partial charge in [-0.1, -0.05) is 30.3 Å². The first kappa shape index (κ1) is 22.7. The Labute approximate surface area is 191 Å². The number of ether oxygens (including phenoxy) is 1. The molecule has 33 heavy (non-hydrogen) atoms. The summed E-state index contributed by atoms with van der Waals surface area (Å²) in [6, 6.07) is 14.7. The predicted molar refractivity (Wildman–Crippen MR) is 123 cm³/mol. The molecule has 7 nitrogen and oxygen atoms in total. The van der Waals surface area contributed by atoms with Crippen molar-refractivity contribution in [2.45, 2.75) is 19.5 Å². The number of amides is 1. The number of hydrogen-bond acceptors (Lipinski definition) is 5. The lowest BCUT2D eigenvalue weighted by molar-refractivity contribution is 0.0932. The minimum absolute atomic E-state index is 0.236. The SMILES string of the molecule is COCCNC(=O)c1coc(CN(CCc2c[nH]c3ccccc23)Cc2ccc(F)cc2)n1. The first-order valence-corrected chi connectivity index (χ1v) is 10.9. The highest BCUT2D eigenvalue weighted by Gasteiger charge is 2.16. The summed E-state index contributed by atoms with van der Waals surface area (Å²) in [5.41, 5.74) is 3.55. The monoisotopic (exact) mass is 450 g/mol. The number of nitrogens with one attached hydrogen (secondary N) is 2. The van der Waals surface area contributed by atoms with E-state index >= 15 is 0 Å². The topological polar surface area (TPSA) is 83.4 Å². The molecule has 4 rings (SSSR count). The minimum atomic E-state index is -0.300. The van der Waals surface area contributed by atoms with Gasteiger partial charge >= 0.3 is 0 Å². The third kappa shape index (κ3) is 6.06. The molecule has 0 spiro atoms. The maximum atomic E-state index is 13.4. The molecule has 0 aliphatic rings. The Morgan fingerprint density at radius 2 is 2.00 bits per heavy atom. The first-order chi connectivity index (χ1) is 16.1. The maximum absolute atomic E-state index is 13.4. The minimum Gasteiger partial charge on any atom is -0.447 e. The van der Waals surface area contributed by atoms with E-state index in [0.717, 1.165) is 24.0 Å². The molecule has 1 amide bonds. The highest BCUT2D eigenvalue weighted by molar-refractivity contribution is 5.91. The Morgan fingerprint density at radius 1 is 1.18 bits per heavy atom. The van der Waals surface area contributed by atoms with Crippen LogP contribution in [0.4, 0.5) is 4.39 Å². The number of nitrogens with zero attached hydrogens (tertiary/aromatic N) is 2. The second-order valence-electron chi connectivity index (χ2n) is 7.82. The van der Waals surface area contributed by atoms with Crippen molar-refractivity contribution in [1.82, 2.24) is 20.2 Å². The summed E-state index contributed by atoms with van der Waals surface area (Å²) < 4.78 is 23.9. The Bertz CT molecular complexity index is 1190. The van der Waals surface area contributed by atoms with Crippen molar-refractivity contribution >= 4 is 16.8 Å². The van der Waals surface area contributed by atoms with Crippen molar-refractivity contribution in [3.63, 3.8) is 0 Å². The van der Waals surface area contributed by atoms with E-state index in [4.69, 9.17) is 9.15 Å². The van der Waals surface area contributed by atoms with Gasteiger partial charge in [0, 0.05) is 43.8 Å². The van der Waals surface area contributed by atoms with E-state index in [2.05, 4.69) is 32.3 Å². The lowest BCUT2D eigenvalue weighted by atomic mass is 10.1. The number of halogens is 1. The van der Waals surface area contributed by atoms with Crippen LogP contribution in [0.5, 0.6) is 0 Å². The molecule has 0 saturated heterocycles. The number of carbonyl (C=O) groups excluding carboxylic acids is 1. The van der Waals surface area contributed by atoms with Crippen molar-refractivity contribution in [2.75, 3.05) is 26.8 Å². The number of carbonyl (C=O) groups is 1. The standard InChI is InChI=1S/C25H27FN4O3/c1-32-13-11-27-25(31)23-17-33-24(29-23)16-30(15-18-6-8-20(26)9-7-18)12-10-19-14-28-22-5-3-2-4-21(19)22/h2-9,14,17,28H,10-13,15-16H2,1H3,(H,27,31). The molecule has 0 bridgehead atoms. The normalized spacial score (nSPS) is 11.4.